The molecule has 2 aliphatic heterocycles. The molecule has 4 heteroatoms. The van der Waals surface area contributed by atoms with Crippen LogP contribution < -0.4 is 0 Å². The monoisotopic (exact) mass is 642 g/mol. The summed E-state index contributed by atoms with van der Waals surface area (Å²) >= 11 is 0. The van der Waals surface area contributed by atoms with E-state index in [-0.39, 0.29) is 7.43 Å². The predicted molar refractivity (Wildman–Crippen MR) is 206 cm³/mol. The van der Waals surface area contributed by atoms with Crippen LogP contribution in [0.5, 0.6) is 0 Å². The van der Waals surface area contributed by atoms with Crippen LogP contribution in [0.2, 0.25) is 0 Å². The lowest BCUT2D eigenvalue weighted by atomic mass is 10.1. The van der Waals surface area contributed by atoms with Gasteiger partial charge in [-0.25, -0.2) is 0 Å². The fourth-order valence-electron chi connectivity index (χ4n) is 3.98. The summed E-state index contributed by atoms with van der Waals surface area (Å²) in [4.78, 5) is 0. The molecule has 2 atom stereocenters. The lowest BCUT2D eigenvalue weighted by Gasteiger charge is -1.97. The van der Waals surface area contributed by atoms with Crippen LogP contribution in [0, 0.1) is 0 Å². The van der Waals surface area contributed by atoms with Crippen molar-refractivity contribution in [2.24, 2.45) is 0 Å². The molecule has 5 aromatic carbocycles. The van der Waals surface area contributed by atoms with E-state index >= 15 is 0 Å². The summed E-state index contributed by atoms with van der Waals surface area (Å²) in [5.74, 6) is 0. The number of methoxy groups -OCH3 is 2. The fraction of sp³-hybridized carbons (Fsp3) is 0.395. The normalized spacial score (nSPS) is 14.4. The second kappa shape index (κ2) is 28.7. The zero-order valence-corrected chi connectivity index (χ0v) is 29.6. The summed E-state index contributed by atoms with van der Waals surface area (Å²) in [5, 5.41) is 5.24. The Balaban J connectivity index is 0.000000553. The van der Waals surface area contributed by atoms with Crippen LogP contribution >= 0.6 is 0 Å². The van der Waals surface area contributed by atoms with Crippen molar-refractivity contribution in [3.8, 4) is 0 Å². The average Bonchev–Trinajstić information content (AvgIpc) is 4.10. The molecule has 0 aliphatic carbocycles. The molecule has 4 nitrogen and oxygen atoms in total. The van der Waals surface area contributed by atoms with Gasteiger partial charge in [0.05, 0.1) is 26.4 Å². The third kappa shape index (κ3) is 20.3. The van der Waals surface area contributed by atoms with Gasteiger partial charge in [-0.05, 0) is 45.5 Å². The molecule has 0 bridgehead atoms. The van der Waals surface area contributed by atoms with Gasteiger partial charge < -0.3 is 18.9 Å². The second-order valence-corrected chi connectivity index (χ2v) is 10.0. The first-order valence-corrected chi connectivity index (χ1v) is 16.8. The highest BCUT2D eigenvalue weighted by molar-refractivity contribution is 5.82. The molecular weight excluding hydrogens is 580 g/mol. The van der Waals surface area contributed by atoms with Gasteiger partial charge in [0.2, 0.25) is 0 Å². The first kappa shape index (κ1) is 43.5. The van der Waals surface area contributed by atoms with Gasteiger partial charge in [0.1, 0.15) is 12.2 Å². The Bertz CT molecular complexity index is 1150. The topological polar surface area (TPSA) is 43.5 Å². The molecule has 0 N–H and O–H groups in total. The molecule has 5 aromatic rings. The van der Waals surface area contributed by atoms with Gasteiger partial charge in [-0.3, -0.25) is 0 Å². The van der Waals surface area contributed by atoms with Gasteiger partial charge in [0.25, 0.3) is 0 Å². The standard InChI is InChI=1S/2C10H8.C10H14.2C4H8O2.2C2H6.CH4/c2*1-2-6-10-8-4-3-7-9(10)5-1;1-3-9-5-7-10(4-2)8-6-9;2*1-5-2-4-3-6-4;2*1-2;/h2*1-8H;5-8H,3-4H2,1-2H3;2*4H,2-3H2,1H3;2*1-2H3;1H4. The van der Waals surface area contributed by atoms with Gasteiger partial charge in [-0.15, -0.1) is 0 Å². The molecular formula is C43H62O4. The van der Waals surface area contributed by atoms with E-state index in [9.17, 15) is 0 Å². The Labute approximate surface area is 287 Å². The summed E-state index contributed by atoms with van der Waals surface area (Å²) in [6, 6.07) is 42.3. The summed E-state index contributed by atoms with van der Waals surface area (Å²) in [5.41, 5.74) is 2.86. The van der Waals surface area contributed by atoms with E-state index in [1.54, 1.807) is 14.2 Å². The molecule has 0 radical (unpaired) electrons. The molecule has 2 fully saturated rings. The zero-order valence-electron chi connectivity index (χ0n) is 29.6. The van der Waals surface area contributed by atoms with Gasteiger partial charge in [0.15, 0.2) is 0 Å². The molecule has 2 aliphatic rings. The highest BCUT2D eigenvalue weighted by Crippen LogP contribution is 2.12. The number of epoxide rings is 2. The third-order valence-electron chi connectivity index (χ3n) is 6.67. The van der Waals surface area contributed by atoms with Gasteiger partial charge in [0, 0.05) is 14.2 Å². The highest BCUT2D eigenvalue weighted by Gasteiger charge is 2.21. The van der Waals surface area contributed by atoms with Crippen LogP contribution in [-0.4, -0.2) is 52.9 Å². The molecule has 0 aromatic heterocycles. The number of benzene rings is 5. The third-order valence-corrected chi connectivity index (χ3v) is 6.67. The van der Waals surface area contributed by atoms with Crippen molar-refractivity contribution in [2.75, 3.05) is 40.6 Å². The van der Waals surface area contributed by atoms with Crippen LogP contribution in [0.15, 0.2) is 121 Å². The number of aryl methyl sites for hydroxylation is 2. The predicted octanol–water partition coefficient (Wildman–Crippen LogP) is 11.2. The molecule has 2 heterocycles. The number of hydrogen-bond donors (Lipinski definition) is 0. The van der Waals surface area contributed by atoms with Crippen molar-refractivity contribution in [1.29, 1.82) is 0 Å². The molecule has 47 heavy (non-hydrogen) atoms. The zero-order chi connectivity index (χ0) is 33.8. The molecule has 7 rings (SSSR count). The lowest BCUT2D eigenvalue weighted by Crippen LogP contribution is -1.94. The quantitative estimate of drug-likeness (QED) is 0.173. The molecule has 0 amide bonds. The van der Waals surface area contributed by atoms with Crippen LogP contribution in [-0.2, 0) is 31.8 Å². The van der Waals surface area contributed by atoms with Gasteiger partial charge in [-0.2, -0.15) is 0 Å². The molecule has 258 valence electrons. The minimum Gasteiger partial charge on any atom is -0.382 e. The van der Waals surface area contributed by atoms with E-state index in [0.29, 0.717) is 12.2 Å². The molecule has 2 unspecified atom stereocenters. The Kier molecular flexibility index (Phi) is 26.5. The van der Waals surface area contributed by atoms with Crippen LogP contribution in [0.25, 0.3) is 21.5 Å². The largest absolute Gasteiger partial charge is 0.382 e. The summed E-state index contributed by atoms with van der Waals surface area (Å²) in [7, 11) is 3.36. The Morgan fingerprint density at radius 2 is 0.681 bits per heavy atom. The minimum absolute atomic E-state index is 0. The SMILES string of the molecule is C.CC.CC.CCc1ccc(CC)cc1.COCC1CO1.COCC1CO1.c1ccc2ccccc2c1.c1ccc2ccccc2c1. The first-order chi connectivity index (χ1) is 22.7. The van der Waals surface area contributed by atoms with E-state index in [0.717, 1.165) is 39.3 Å². The number of fused-ring (bicyclic) bond motifs is 2. The van der Waals surface area contributed by atoms with Crippen LogP contribution in [0.4, 0.5) is 0 Å². The lowest BCUT2D eigenvalue weighted by molar-refractivity contribution is 0.171. The van der Waals surface area contributed by atoms with E-state index in [2.05, 4.69) is 135 Å². The smallest absolute Gasteiger partial charge is 0.104 e. The van der Waals surface area contributed by atoms with Crippen molar-refractivity contribution >= 4 is 21.5 Å². The Morgan fingerprint density at radius 1 is 0.468 bits per heavy atom. The van der Waals surface area contributed by atoms with Gasteiger partial charge >= 0.3 is 0 Å². The van der Waals surface area contributed by atoms with Crippen molar-refractivity contribution < 1.29 is 18.9 Å². The van der Waals surface area contributed by atoms with Crippen molar-refractivity contribution in [2.45, 2.75) is 74.0 Å². The summed E-state index contributed by atoms with van der Waals surface area (Å²) in [6.45, 7) is 15.7. The molecule has 0 spiro atoms. The highest BCUT2D eigenvalue weighted by atomic mass is 16.6. The Hall–Kier alpha value is -3.54. The van der Waals surface area contributed by atoms with E-state index in [1.807, 2.05) is 27.7 Å². The fourth-order valence-corrected chi connectivity index (χ4v) is 3.98. The first-order valence-electron chi connectivity index (χ1n) is 16.8. The maximum atomic E-state index is 4.82. The van der Waals surface area contributed by atoms with Crippen LogP contribution in [0.3, 0.4) is 0 Å². The van der Waals surface area contributed by atoms with Crippen molar-refractivity contribution in [3.63, 3.8) is 0 Å². The number of rotatable bonds is 6. The van der Waals surface area contributed by atoms with Gasteiger partial charge in [-0.1, -0.05) is 170 Å². The average molecular weight is 643 g/mol. The summed E-state index contributed by atoms with van der Waals surface area (Å²) < 4.78 is 19.1. The van der Waals surface area contributed by atoms with Crippen molar-refractivity contribution in [3.05, 3.63) is 132 Å². The molecule has 0 saturated carbocycles. The van der Waals surface area contributed by atoms with E-state index in [1.165, 1.54) is 32.7 Å². The maximum Gasteiger partial charge on any atom is 0.104 e. The number of hydrogen-bond acceptors (Lipinski definition) is 4. The summed E-state index contributed by atoms with van der Waals surface area (Å²) in [6.07, 6.45) is 3.14. The van der Waals surface area contributed by atoms with E-state index < -0.39 is 0 Å². The number of ether oxygens (including phenoxy) is 4. The maximum absolute atomic E-state index is 4.82. The van der Waals surface area contributed by atoms with Crippen molar-refractivity contribution in [1.82, 2.24) is 0 Å². The van der Waals surface area contributed by atoms with Crippen LogP contribution in [0.1, 0.15) is 60.1 Å². The van der Waals surface area contributed by atoms with E-state index in [4.69, 9.17) is 18.9 Å². The molecule has 2 saturated heterocycles. The Morgan fingerprint density at radius 3 is 0.809 bits per heavy atom. The second-order valence-electron chi connectivity index (χ2n) is 10.0. The minimum atomic E-state index is 0.